The zero-order valence-electron chi connectivity index (χ0n) is 18.5. The van der Waals surface area contributed by atoms with Crippen molar-refractivity contribution in [1.29, 1.82) is 0 Å². The fraction of sp³-hybridized carbons (Fsp3) is 0.667. The van der Waals surface area contributed by atoms with Gasteiger partial charge in [0.05, 0.1) is 0 Å². The summed E-state index contributed by atoms with van der Waals surface area (Å²) in [6.07, 6.45) is 4.89. The normalized spacial score (nSPS) is 24.0. The number of benzene rings is 1. The molecule has 0 bridgehead atoms. The SMILES string of the molecule is C=C(CC(C)(C)C)N1CCCc2ccc(SP3CC(C)(C)C3(C)C)cc2C1. The summed E-state index contributed by atoms with van der Waals surface area (Å²) in [5, 5.41) is 0.465. The molecule has 1 atom stereocenters. The molecule has 0 aliphatic carbocycles. The Morgan fingerprint density at radius 1 is 1.19 bits per heavy atom. The summed E-state index contributed by atoms with van der Waals surface area (Å²) in [5.41, 5.74) is 5.17. The van der Waals surface area contributed by atoms with E-state index in [1.165, 1.54) is 35.2 Å². The maximum Gasteiger partial charge on any atom is 0.0429 e. The number of nitrogens with zero attached hydrogens (tertiary/aromatic N) is 1. The van der Waals surface area contributed by atoms with Gasteiger partial charge in [-0.05, 0) is 71.8 Å². The Hall–Kier alpha value is -0.460. The number of aryl methyl sites for hydroxylation is 1. The Morgan fingerprint density at radius 3 is 2.48 bits per heavy atom. The molecular weight excluding hydrogens is 365 g/mol. The van der Waals surface area contributed by atoms with Gasteiger partial charge in [0, 0.05) is 23.7 Å². The standard InChI is InChI=1S/C24H38NPS/c1-18(15-22(2,3)4)25-13-9-10-19-11-12-21(14-20(19)16-25)27-26-17-23(5,6)24(26,7)8/h11-12,14H,1,9-10,13,15-17H2,2-8H3. The van der Waals surface area contributed by atoms with Crippen LogP contribution in [0.2, 0.25) is 0 Å². The molecule has 0 saturated carbocycles. The van der Waals surface area contributed by atoms with Gasteiger partial charge in [-0.15, -0.1) is 0 Å². The molecule has 1 saturated heterocycles. The lowest BCUT2D eigenvalue weighted by Gasteiger charge is -2.58. The molecule has 150 valence electrons. The first kappa shape index (κ1) is 21.3. The molecule has 0 radical (unpaired) electrons. The van der Waals surface area contributed by atoms with E-state index in [0.717, 1.165) is 19.5 Å². The predicted octanol–water partition coefficient (Wildman–Crippen LogP) is 7.69. The highest BCUT2D eigenvalue weighted by Gasteiger charge is 2.54. The van der Waals surface area contributed by atoms with Crippen LogP contribution in [0.5, 0.6) is 0 Å². The molecule has 0 aromatic heterocycles. The molecule has 1 unspecified atom stereocenters. The number of hydrogen-bond acceptors (Lipinski definition) is 2. The topological polar surface area (TPSA) is 3.24 Å². The molecule has 0 N–H and O–H groups in total. The molecule has 2 aliphatic rings. The van der Waals surface area contributed by atoms with E-state index in [4.69, 9.17) is 0 Å². The third-order valence-electron chi connectivity index (χ3n) is 6.63. The van der Waals surface area contributed by atoms with Crippen molar-refractivity contribution >= 4 is 18.5 Å². The number of fused-ring (bicyclic) bond motifs is 1. The second-order valence-corrected chi connectivity index (χ2v) is 15.5. The van der Waals surface area contributed by atoms with Crippen LogP contribution in [-0.2, 0) is 13.0 Å². The average molecular weight is 404 g/mol. The molecule has 2 aliphatic heterocycles. The lowest BCUT2D eigenvalue weighted by Crippen LogP contribution is -2.49. The number of allylic oxidation sites excluding steroid dienone is 1. The third-order valence-corrected chi connectivity index (χ3v) is 13.3. The molecule has 1 fully saturated rings. The van der Waals surface area contributed by atoms with Crippen LogP contribution in [0.3, 0.4) is 0 Å². The second kappa shape index (κ2) is 7.42. The van der Waals surface area contributed by atoms with Crippen molar-refractivity contribution < 1.29 is 0 Å². The minimum Gasteiger partial charge on any atom is -0.371 e. The average Bonchev–Trinajstić information content (AvgIpc) is 2.74. The highest BCUT2D eigenvalue weighted by Crippen LogP contribution is 2.78. The first-order valence-corrected chi connectivity index (χ1v) is 13.3. The minimum atomic E-state index is 0.0182. The largest absolute Gasteiger partial charge is 0.371 e. The van der Waals surface area contributed by atoms with Crippen LogP contribution in [0.25, 0.3) is 0 Å². The summed E-state index contributed by atoms with van der Waals surface area (Å²) in [6.45, 7) is 23.3. The van der Waals surface area contributed by atoms with Crippen molar-refractivity contribution in [2.75, 3.05) is 12.7 Å². The van der Waals surface area contributed by atoms with Gasteiger partial charge in [0.15, 0.2) is 0 Å². The first-order chi connectivity index (χ1) is 12.4. The fourth-order valence-corrected chi connectivity index (χ4v) is 10.6. The van der Waals surface area contributed by atoms with Gasteiger partial charge < -0.3 is 4.90 Å². The summed E-state index contributed by atoms with van der Waals surface area (Å²) in [6, 6.07) is 7.28. The van der Waals surface area contributed by atoms with Crippen molar-refractivity contribution in [3.05, 3.63) is 41.6 Å². The van der Waals surface area contributed by atoms with Gasteiger partial charge in [0.25, 0.3) is 0 Å². The van der Waals surface area contributed by atoms with Crippen LogP contribution >= 0.6 is 18.5 Å². The van der Waals surface area contributed by atoms with Crippen LogP contribution in [0.1, 0.15) is 72.4 Å². The van der Waals surface area contributed by atoms with Crippen molar-refractivity contribution in [2.24, 2.45) is 10.8 Å². The van der Waals surface area contributed by atoms with Crippen LogP contribution in [0.15, 0.2) is 35.4 Å². The van der Waals surface area contributed by atoms with Crippen LogP contribution in [0, 0.1) is 10.8 Å². The van der Waals surface area contributed by atoms with Crippen molar-refractivity contribution in [3.8, 4) is 0 Å². The molecule has 1 aromatic carbocycles. The van der Waals surface area contributed by atoms with Crippen LogP contribution < -0.4 is 0 Å². The first-order valence-electron chi connectivity index (χ1n) is 10.4. The summed E-state index contributed by atoms with van der Waals surface area (Å²) < 4.78 is 0. The van der Waals surface area contributed by atoms with Crippen LogP contribution in [-0.4, -0.2) is 22.8 Å². The molecule has 3 heteroatoms. The van der Waals surface area contributed by atoms with Gasteiger partial charge >= 0.3 is 0 Å². The Kier molecular flexibility index (Phi) is 5.84. The Morgan fingerprint density at radius 2 is 1.89 bits per heavy atom. The lowest BCUT2D eigenvalue weighted by molar-refractivity contribution is 0.282. The Bertz CT molecular complexity index is 714. The zero-order valence-corrected chi connectivity index (χ0v) is 20.2. The second-order valence-electron chi connectivity index (χ2n) is 10.8. The highest BCUT2D eigenvalue weighted by atomic mass is 32.7. The molecule has 0 spiro atoms. The quantitative estimate of drug-likeness (QED) is 0.474. The summed E-state index contributed by atoms with van der Waals surface area (Å²) >= 11 is 2.16. The predicted molar refractivity (Wildman–Crippen MR) is 124 cm³/mol. The van der Waals surface area contributed by atoms with Crippen molar-refractivity contribution in [2.45, 2.75) is 84.3 Å². The molecular formula is C24H38NPS. The van der Waals surface area contributed by atoms with Gasteiger partial charge in [0.1, 0.15) is 0 Å². The molecule has 0 amide bonds. The monoisotopic (exact) mass is 403 g/mol. The van der Waals surface area contributed by atoms with E-state index in [9.17, 15) is 0 Å². The highest BCUT2D eigenvalue weighted by molar-refractivity contribution is 8.56. The van der Waals surface area contributed by atoms with Gasteiger partial charge in [-0.3, -0.25) is 0 Å². The minimum absolute atomic E-state index is 0.0182. The van der Waals surface area contributed by atoms with E-state index >= 15 is 0 Å². The van der Waals surface area contributed by atoms with Gasteiger partial charge in [0.2, 0.25) is 0 Å². The van der Waals surface area contributed by atoms with E-state index in [0.29, 0.717) is 16.0 Å². The Labute approximate surface area is 172 Å². The van der Waals surface area contributed by atoms with Crippen molar-refractivity contribution in [1.82, 2.24) is 4.90 Å². The number of hydrogen-bond donors (Lipinski definition) is 0. The summed E-state index contributed by atoms with van der Waals surface area (Å²) in [5.74, 6) is 0. The van der Waals surface area contributed by atoms with E-state index in [2.05, 4.69) is 89.5 Å². The van der Waals surface area contributed by atoms with Crippen molar-refractivity contribution in [3.63, 3.8) is 0 Å². The Balaban J connectivity index is 1.73. The zero-order chi connectivity index (χ0) is 20.0. The summed E-state index contributed by atoms with van der Waals surface area (Å²) in [4.78, 5) is 4.01. The van der Waals surface area contributed by atoms with Gasteiger partial charge in [-0.2, -0.15) is 0 Å². The van der Waals surface area contributed by atoms with E-state index in [1.54, 1.807) is 5.56 Å². The molecule has 1 aromatic rings. The van der Waals surface area contributed by atoms with Gasteiger partial charge in [-0.25, -0.2) is 0 Å². The lowest BCUT2D eigenvalue weighted by atomic mass is 9.81. The van der Waals surface area contributed by atoms with Gasteiger partial charge in [-0.1, -0.05) is 72.5 Å². The van der Waals surface area contributed by atoms with E-state index in [-0.39, 0.29) is 7.12 Å². The van der Waals surface area contributed by atoms with E-state index < -0.39 is 0 Å². The number of rotatable bonds is 4. The third kappa shape index (κ3) is 4.59. The maximum absolute atomic E-state index is 4.43. The maximum atomic E-state index is 4.43. The van der Waals surface area contributed by atoms with E-state index in [1.807, 2.05) is 0 Å². The molecule has 1 nitrogen and oxygen atoms in total. The summed E-state index contributed by atoms with van der Waals surface area (Å²) in [7, 11) is 0.0182. The molecule has 27 heavy (non-hydrogen) atoms. The fourth-order valence-electron chi connectivity index (χ4n) is 4.06. The van der Waals surface area contributed by atoms with Crippen LogP contribution in [0.4, 0.5) is 0 Å². The molecule has 2 heterocycles. The molecule has 3 rings (SSSR count). The smallest absolute Gasteiger partial charge is 0.0429 e.